The molecule has 0 spiro atoms. The van der Waals surface area contributed by atoms with Crippen molar-refractivity contribution in [2.75, 3.05) is 0 Å². The highest BCUT2D eigenvalue weighted by atomic mass is 35.5. The largest absolute Gasteiger partial charge is 0.349 e. The van der Waals surface area contributed by atoms with E-state index in [4.69, 9.17) is 11.6 Å². The molecule has 1 fully saturated rings. The van der Waals surface area contributed by atoms with Gasteiger partial charge in [0.25, 0.3) is 5.91 Å². The number of nitrogens with one attached hydrogen (secondary N) is 1. The third-order valence-corrected chi connectivity index (χ3v) is 5.05. The van der Waals surface area contributed by atoms with Gasteiger partial charge < -0.3 is 9.88 Å². The van der Waals surface area contributed by atoms with Crippen molar-refractivity contribution in [2.45, 2.75) is 58.0 Å². The van der Waals surface area contributed by atoms with Crippen molar-refractivity contribution in [3.63, 3.8) is 0 Å². The van der Waals surface area contributed by atoms with Crippen molar-refractivity contribution in [1.29, 1.82) is 0 Å². The molecule has 1 heterocycles. The van der Waals surface area contributed by atoms with Gasteiger partial charge in [-0.15, -0.1) is 0 Å². The van der Waals surface area contributed by atoms with Gasteiger partial charge in [-0.2, -0.15) is 0 Å². The Labute approximate surface area is 146 Å². The van der Waals surface area contributed by atoms with Gasteiger partial charge in [0.1, 0.15) is 5.56 Å². The fraction of sp³-hybridized carbons (Fsp3) is 0.474. The predicted octanol–water partition coefficient (Wildman–Crippen LogP) is 4.13. The minimum Gasteiger partial charge on any atom is -0.349 e. The third kappa shape index (κ3) is 3.48. The molecule has 1 saturated carbocycles. The molecule has 1 aromatic heterocycles. The summed E-state index contributed by atoms with van der Waals surface area (Å²) in [5, 5.41) is 4.06. The normalized spacial score (nSPS) is 16.1. The number of pyridine rings is 1. The number of hydrogen-bond acceptors (Lipinski definition) is 2. The van der Waals surface area contributed by atoms with Crippen LogP contribution in [0.2, 0.25) is 5.02 Å². The fourth-order valence-corrected chi connectivity index (χ4v) is 3.65. The highest BCUT2D eigenvalue weighted by Gasteiger charge is 2.19. The second kappa shape index (κ2) is 7.39. The van der Waals surface area contributed by atoms with Crippen LogP contribution in [0.4, 0.5) is 0 Å². The number of rotatable bonds is 3. The SMILES string of the molecule is CCn1cc(C(=O)NC2CCCCCC2)c(=O)c2cc(Cl)ccc21. The second-order valence-corrected chi connectivity index (χ2v) is 6.92. The maximum absolute atomic E-state index is 12.8. The average Bonchev–Trinajstić information content (AvgIpc) is 2.84. The van der Waals surface area contributed by atoms with E-state index in [1.54, 1.807) is 18.3 Å². The molecule has 0 saturated heterocycles. The van der Waals surface area contributed by atoms with E-state index >= 15 is 0 Å². The lowest BCUT2D eigenvalue weighted by molar-refractivity contribution is 0.0931. The van der Waals surface area contributed by atoms with E-state index in [1.807, 2.05) is 17.6 Å². The average molecular weight is 347 g/mol. The summed E-state index contributed by atoms with van der Waals surface area (Å²) in [5.74, 6) is -0.268. The number of aryl methyl sites for hydroxylation is 1. The van der Waals surface area contributed by atoms with E-state index in [1.165, 1.54) is 12.8 Å². The standard InChI is InChI=1S/C19H23ClN2O2/c1-2-22-12-16(18(23)15-11-13(20)9-10-17(15)22)19(24)21-14-7-5-3-4-6-8-14/h9-12,14H,2-8H2,1H3,(H,21,24). The molecule has 2 aromatic rings. The van der Waals surface area contributed by atoms with Crippen molar-refractivity contribution in [2.24, 2.45) is 0 Å². The van der Waals surface area contributed by atoms with Crippen LogP contribution in [0.5, 0.6) is 0 Å². The number of hydrogen-bond donors (Lipinski definition) is 1. The predicted molar refractivity (Wildman–Crippen MR) is 97.8 cm³/mol. The molecule has 0 atom stereocenters. The van der Waals surface area contributed by atoms with E-state index in [9.17, 15) is 9.59 Å². The Morgan fingerprint density at radius 3 is 2.62 bits per heavy atom. The van der Waals surface area contributed by atoms with E-state index in [-0.39, 0.29) is 22.9 Å². The van der Waals surface area contributed by atoms with E-state index in [0.717, 1.165) is 31.2 Å². The van der Waals surface area contributed by atoms with Crippen LogP contribution in [0.25, 0.3) is 10.9 Å². The highest BCUT2D eigenvalue weighted by molar-refractivity contribution is 6.31. The molecule has 3 rings (SSSR count). The molecule has 1 aromatic carbocycles. The Morgan fingerprint density at radius 1 is 1.25 bits per heavy atom. The quantitative estimate of drug-likeness (QED) is 0.849. The fourth-order valence-electron chi connectivity index (χ4n) is 3.48. The van der Waals surface area contributed by atoms with Crippen molar-refractivity contribution in [1.82, 2.24) is 9.88 Å². The Bertz CT molecular complexity index is 805. The van der Waals surface area contributed by atoms with Gasteiger partial charge in [0, 0.05) is 29.2 Å². The van der Waals surface area contributed by atoms with Crippen LogP contribution >= 0.6 is 11.6 Å². The lowest BCUT2D eigenvalue weighted by Gasteiger charge is -2.17. The molecule has 128 valence electrons. The Balaban J connectivity index is 1.97. The van der Waals surface area contributed by atoms with Crippen molar-refractivity contribution in [3.8, 4) is 0 Å². The molecule has 1 aliphatic rings. The van der Waals surface area contributed by atoms with E-state index < -0.39 is 0 Å². The van der Waals surface area contributed by atoms with Gasteiger partial charge in [0.15, 0.2) is 0 Å². The van der Waals surface area contributed by atoms with Crippen LogP contribution < -0.4 is 10.7 Å². The van der Waals surface area contributed by atoms with E-state index in [0.29, 0.717) is 17.0 Å². The number of aromatic nitrogens is 1. The summed E-state index contributed by atoms with van der Waals surface area (Å²) in [6, 6.07) is 5.41. The molecular weight excluding hydrogens is 324 g/mol. The van der Waals surface area contributed by atoms with Crippen molar-refractivity contribution < 1.29 is 4.79 Å². The Morgan fingerprint density at radius 2 is 1.96 bits per heavy atom. The first-order chi connectivity index (χ1) is 11.6. The number of amides is 1. The lowest BCUT2D eigenvalue weighted by Crippen LogP contribution is -2.37. The molecule has 4 nitrogen and oxygen atoms in total. The minimum absolute atomic E-state index is 0.171. The summed E-state index contributed by atoms with van der Waals surface area (Å²) >= 11 is 6.04. The molecule has 0 radical (unpaired) electrons. The monoisotopic (exact) mass is 346 g/mol. The maximum atomic E-state index is 12.8. The zero-order valence-corrected chi connectivity index (χ0v) is 14.7. The smallest absolute Gasteiger partial charge is 0.256 e. The summed E-state index contributed by atoms with van der Waals surface area (Å²) < 4.78 is 1.93. The summed E-state index contributed by atoms with van der Waals surface area (Å²) in [4.78, 5) is 25.5. The molecular formula is C19H23ClN2O2. The van der Waals surface area contributed by atoms with Crippen LogP contribution in [0.15, 0.2) is 29.2 Å². The van der Waals surface area contributed by atoms with Crippen LogP contribution in [0.1, 0.15) is 55.8 Å². The molecule has 5 heteroatoms. The molecule has 1 N–H and O–H groups in total. The summed E-state index contributed by atoms with van der Waals surface area (Å²) in [6.45, 7) is 2.67. The van der Waals surface area contributed by atoms with Gasteiger partial charge in [-0.3, -0.25) is 9.59 Å². The second-order valence-electron chi connectivity index (χ2n) is 6.48. The lowest BCUT2D eigenvalue weighted by atomic mass is 10.1. The molecule has 1 aliphatic carbocycles. The molecule has 0 bridgehead atoms. The zero-order valence-electron chi connectivity index (χ0n) is 14.0. The van der Waals surface area contributed by atoms with Crippen LogP contribution in [0, 0.1) is 0 Å². The number of carbonyl (C=O) groups is 1. The van der Waals surface area contributed by atoms with Gasteiger partial charge in [0.2, 0.25) is 5.43 Å². The van der Waals surface area contributed by atoms with Gasteiger partial charge in [-0.05, 0) is 38.0 Å². The summed E-state index contributed by atoms with van der Waals surface area (Å²) in [5.41, 5.74) is 0.761. The molecule has 0 aliphatic heterocycles. The number of nitrogens with zero attached hydrogens (tertiary/aromatic N) is 1. The van der Waals surface area contributed by atoms with Crippen LogP contribution in [-0.4, -0.2) is 16.5 Å². The van der Waals surface area contributed by atoms with E-state index in [2.05, 4.69) is 5.32 Å². The van der Waals surface area contributed by atoms with Crippen LogP contribution in [-0.2, 0) is 6.54 Å². The zero-order chi connectivity index (χ0) is 17.1. The van der Waals surface area contributed by atoms with Gasteiger partial charge in [-0.1, -0.05) is 37.3 Å². The minimum atomic E-state index is -0.268. The number of carbonyl (C=O) groups excluding carboxylic acids is 1. The first-order valence-corrected chi connectivity index (χ1v) is 9.11. The maximum Gasteiger partial charge on any atom is 0.256 e. The first-order valence-electron chi connectivity index (χ1n) is 8.73. The molecule has 24 heavy (non-hydrogen) atoms. The number of halogens is 1. The Kier molecular flexibility index (Phi) is 5.24. The first kappa shape index (κ1) is 17.0. The third-order valence-electron chi connectivity index (χ3n) is 4.82. The van der Waals surface area contributed by atoms with Gasteiger partial charge in [0.05, 0.1) is 5.52 Å². The van der Waals surface area contributed by atoms with Crippen molar-refractivity contribution >= 4 is 28.4 Å². The topological polar surface area (TPSA) is 51.1 Å². The molecule has 0 unspecified atom stereocenters. The molecule has 1 amide bonds. The summed E-state index contributed by atoms with van der Waals surface area (Å²) in [6.07, 6.45) is 8.38. The number of fused-ring (bicyclic) bond motifs is 1. The van der Waals surface area contributed by atoms with Crippen molar-refractivity contribution in [3.05, 3.63) is 45.2 Å². The highest BCUT2D eigenvalue weighted by Crippen LogP contribution is 2.19. The summed E-state index contributed by atoms with van der Waals surface area (Å²) in [7, 11) is 0. The Hall–Kier alpha value is -1.81. The van der Waals surface area contributed by atoms with Crippen LogP contribution in [0.3, 0.4) is 0 Å². The van der Waals surface area contributed by atoms with Gasteiger partial charge >= 0.3 is 0 Å². The van der Waals surface area contributed by atoms with Gasteiger partial charge in [-0.25, -0.2) is 0 Å². The number of benzene rings is 1.